The van der Waals surface area contributed by atoms with Crippen molar-refractivity contribution in [1.29, 1.82) is 0 Å². The molecule has 2 rings (SSSR count). The van der Waals surface area contributed by atoms with E-state index in [1.54, 1.807) is 17.1 Å². The summed E-state index contributed by atoms with van der Waals surface area (Å²) in [6.45, 7) is 4.15. The highest BCUT2D eigenvalue weighted by molar-refractivity contribution is 5.77. The van der Waals surface area contributed by atoms with E-state index in [9.17, 15) is 4.79 Å². The maximum absolute atomic E-state index is 11.9. The first kappa shape index (κ1) is 14.0. The fourth-order valence-electron chi connectivity index (χ4n) is 1.89. The Balaban J connectivity index is 2.08. The number of benzene rings is 1. The molecule has 1 aromatic carbocycles. The number of aromatic nitrogens is 2. The first-order chi connectivity index (χ1) is 9.74. The zero-order chi connectivity index (χ0) is 14.4. The van der Waals surface area contributed by atoms with Crippen molar-refractivity contribution in [2.45, 2.75) is 12.6 Å². The molecule has 0 amide bonds. The largest absolute Gasteiger partial charge is 0.468 e. The van der Waals surface area contributed by atoms with Gasteiger partial charge in [-0.3, -0.25) is 5.32 Å². The van der Waals surface area contributed by atoms with Crippen LogP contribution in [0, 0.1) is 0 Å². The van der Waals surface area contributed by atoms with Gasteiger partial charge in [0.1, 0.15) is 6.04 Å². The molecule has 1 N–H and O–H groups in total. The highest BCUT2D eigenvalue weighted by Gasteiger charge is 2.20. The van der Waals surface area contributed by atoms with Crippen molar-refractivity contribution >= 4 is 12.2 Å². The highest BCUT2D eigenvalue weighted by atomic mass is 16.5. The Labute approximate surface area is 117 Å². The van der Waals surface area contributed by atoms with Crippen LogP contribution in [0.5, 0.6) is 0 Å². The van der Waals surface area contributed by atoms with Crippen LogP contribution in [0.1, 0.15) is 17.2 Å². The van der Waals surface area contributed by atoms with Gasteiger partial charge in [0.15, 0.2) is 0 Å². The quantitative estimate of drug-likeness (QED) is 0.816. The van der Waals surface area contributed by atoms with Gasteiger partial charge in [-0.1, -0.05) is 36.9 Å². The van der Waals surface area contributed by atoms with Crippen LogP contribution in [0.15, 0.2) is 49.3 Å². The molecule has 5 nitrogen and oxygen atoms in total. The molecular formula is C15H17N3O2. The summed E-state index contributed by atoms with van der Waals surface area (Å²) in [6, 6.07) is 8.98. The fraction of sp³-hybridized carbons (Fsp3) is 0.200. The molecule has 0 spiro atoms. The summed E-state index contributed by atoms with van der Waals surface area (Å²) in [4.78, 5) is 11.9. The Morgan fingerprint density at radius 1 is 1.50 bits per heavy atom. The van der Waals surface area contributed by atoms with Crippen molar-refractivity contribution in [2.75, 3.05) is 7.11 Å². The minimum absolute atomic E-state index is 0.313. The lowest BCUT2D eigenvalue weighted by atomic mass is 10.1. The van der Waals surface area contributed by atoms with Crippen molar-refractivity contribution in [1.82, 2.24) is 15.1 Å². The van der Waals surface area contributed by atoms with Crippen LogP contribution in [0.2, 0.25) is 0 Å². The smallest absolute Gasteiger partial charge is 0.327 e. The predicted octanol–water partition coefficient (Wildman–Crippen LogP) is 1.99. The molecular weight excluding hydrogens is 254 g/mol. The minimum atomic E-state index is -0.492. The second-order valence-electron chi connectivity index (χ2n) is 4.26. The van der Waals surface area contributed by atoms with Gasteiger partial charge in [-0.25, -0.2) is 9.48 Å². The summed E-state index contributed by atoms with van der Waals surface area (Å²) in [5.74, 6) is -0.313. The summed E-state index contributed by atoms with van der Waals surface area (Å²) in [5.41, 5.74) is 1.84. The van der Waals surface area contributed by atoms with Crippen molar-refractivity contribution in [3.05, 3.63) is 60.4 Å². The minimum Gasteiger partial charge on any atom is -0.468 e. The van der Waals surface area contributed by atoms with Crippen LogP contribution in [0.25, 0.3) is 6.20 Å². The molecule has 2 aromatic rings. The summed E-state index contributed by atoms with van der Waals surface area (Å²) in [5, 5.41) is 7.27. The molecule has 1 heterocycles. The molecule has 20 heavy (non-hydrogen) atoms. The summed E-state index contributed by atoms with van der Waals surface area (Å²) in [7, 11) is 1.38. The molecule has 0 saturated heterocycles. The van der Waals surface area contributed by atoms with E-state index in [-0.39, 0.29) is 5.97 Å². The van der Waals surface area contributed by atoms with E-state index in [0.29, 0.717) is 6.54 Å². The van der Waals surface area contributed by atoms with Crippen LogP contribution in [0.3, 0.4) is 0 Å². The van der Waals surface area contributed by atoms with Gasteiger partial charge in [0.05, 0.1) is 13.3 Å². The molecule has 0 radical (unpaired) electrons. The maximum atomic E-state index is 11.9. The molecule has 104 valence electrons. The number of ether oxygens (including phenoxy) is 1. The van der Waals surface area contributed by atoms with Gasteiger partial charge in [0, 0.05) is 24.5 Å². The topological polar surface area (TPSA) is 56.2 Å². The lowest BCUT2D eigenvalue weighted by Crippen LogP contribution is -2.29. The molecule has 1 aromatic heterocycles. The fourth-order valence-corrected chi connectivity index (χ4v) is 1.89. The Bertz CT molecular complexity index is 578. The summed E-state index contributed by atoms with van der Waals surface area (Å²) < 4.78 is 6.46. The van der Waals surface area contributed by atoms with Gasteiger partial charge in [-0.2, -0.15) is 5.10 Å². The number of carbonyl (C=O) groups is 1. The van der Waals surface area contributed by atoms with Gasteiger partial charge in [0.25, 0.3) is 0 Å². The van der Waals surface area contributed by atoms with E-state index in [4.69, 9.17) is 4.74 Å². The number of nitrogens with zero attached hydrogens (tertiary/aromatic N) is 2. The van der Waals surface area contributed by atoms with E-state index in [2.05, 4.69) is 17.0 Å². The molecule has 0 aliphatic rings. The molecule has 1 atom stereocenters. The van der Waals surface area contributed by atoms with E-state index < -0.39 is 6.04 Å². The third kappa shape index (κ3) is 3.33. The molecule has 0 saturated carbocycles. The van der Waals surface area contributed by atoms with Crippen molar-refractivity contribution < 1.29 is 9.53 Å². The van der Waals surface area contributed by atoms with Gasteiger partial charge < -0.3 is 4.74 Å². The van der Waals surface area contributed by atoms with Crippen LogP contribution in [-0.2, 0) is 16.1 Å². The van der Waals surface area contributed by atoms with Crippen molar-refractivity contribution in [3.63, 3.8) is 0 Å². The number of hydrogen-bond donors (Lipinski definition) is 1. The molecule has 0 aliphatic carbocycles. The zero-order valence-electron chi connectivity index (χ0n) is 11.3. The zero-order valence-corrected chi connectivity index (χ0v) is 11.3. The lowest BCUT2D eigenvalue weighted by molar-refractivity contribution is -0.143. The number of carbonyl (C=O) groups excluding carboxylic acids is 1. The normalized spacial score (nSPS) is 11.8. The van der Waals surface area contributed by atoms with Gasteiger partial charge in [-0.05, 0) is 5.56 Å². The van der Waals surface area contributed by atoms with Crippen molar-refractivity contribution in [2.24, 2.45) is 0 Å². The van der Waals surface area contributed by atoms with Crippen LogP contribution < -0.4 is 5.32 Å². The highest BCUT2D eigenvalue weighted by Crippen LogP contribution is 2.15. The first-order valence-corrected chi connectivity index (χ1v) is 6.26. The molecule has 1 unspecified atom stereocenters. The third-order valence-corrected chi connectivity index (χ3v) is 2.92. The summed E-state index contributed by atoms with van der Waals surface area (Å²) in [6.07, 6.45) is 5.19. The van der Waals surface area contributed by atoms with Crippen molar-refractivity contribution in [3.8, 4) is 0 Å². The van der Waals surface area contributed by atoms with Crippen LogP contribution in [0.4, 0.5) is 0 Å². The standard InChI is InChI=1S/C15H17N3O2/c1-3-18-11-12(10-17-18)9-16-14(15(19)20-2)13-7-5-4-6-8-13/h3-8,10-11,14,16H,1,9H2,2H3. The Morgan fingerprint density at radius 3 is 2.85 bits per heavy atom. The second kappa shape index (κ2) is 6.68. The van der Waals surface area contributed by atoms with Gasteiger partial charge >= 0.3 is 5.97 Å². The number of methoxy groups -OCH3 is 1. The maximum Gasteiger partial charge on any atom is 0.327 e. The monoisotopic (exact) mass is 271 g/mol. The predicted molar refractivity (Wildman–Crippen MR) is 76.7 cm³/mol. The molecule has 0 fully saturated rings. The van der Waals surface area contributed by atoms with E-state index in [1.165, 1.54) is 7.11 Å². The van der Waals surface area contributed by atoms with Crippen LogP contribution in [-0.4, -0.2) is 22.9 Å². The number of nitrogens with one attached hydrogen (secondary N) is 1. The van der Waals surface area contributed by atoms with Crippen LogP contribution >= 0.6 is 0 Å². The Hall–Kier alpha value is -2.40. The Morgan fingerprint density at radius 2 is 2.25 bits per heavy atom. The number of hydrogen-bond acceptors (Lipinski definition) is 4. The van der Waals surface area contributed by atoms with Gasteiger partial charge in [-0.15, -0.1) is 0 Å². The van der Waals surface area contributed by atoms with E-state index in [1.807, 2.05) is 36.5 Å². The Kier molecular flexibility index (Phi) is 4.68. The van der Waals surface area contributed by atoms with Gasteiger partial charge in [0.2, 0.25) is 0 Å². The average Bonchev–Trinajstić information content (AvgIpc) is 2.96. The van der Waals surface area contributed by atoms with E-state index >= 15 is 0 Å². The molecule has 0 aliphatic heterocycles. The third-order valence-electron chi connectivity index (χ3n) is 2.92. The number of esters is 1. The SMILES string of the molecule is C=Cn1cc(CNC(C(=O)OC)c2ccccc2)cn1. The van der Waals surface area contributed by atoms with E-state index in [0.717, 1.165) is 11.1 Å². The summed E-state index contributed by atoms with van der Waals surface area (Å²) >= 11 is 0. The number of rotatable bonds is 6. The average molecular weight is 271 g/mol. The molecule has 0 bridgehead atoms. The second-order valence-corrected chi connectivity index (χ2v) is 4.26. The molecule has 5 heteroatoms. The first-order valence-electron chi connectivity index (χ1n) is 6.26. The lowest BCUT2D eigenvalue weighted by Gasteiger charge is -2.16.